The van der Waals surface area contributed by atoms with E-state index in [9.17, 15) is 4.79 Å². The van der Waals surface area contributed by atoms with E-state index in [1.54, 1.807) is 17.1 Å². The molecular weight excluding hydrogens is 256 g/mol. The summed E-state index contributed by atoms with van der Waals surface area (Å²) in [5.41, 5.74) is 2.70. The first kappa shape index (κ1) is 11.3. The smallest absolute Gasteiger partial charge is 0.248 e. The summed E-state index contributed by atoms with van der Waals surface area (Å²) >= 11 is 0. The van der Waals surface area contributed by atoms with Gasteiger partial charge in [0.25, 0.3) is 0 Å². The van der Waals surface area contributed by atoms with E-state index in [-0.39, 0.29) is 11.8 Å². The number of tetrazole rings is 1. The Hall–Kier alpha value is -2.57. The van der Waals surface area contributed by atoms with Gasteiger partial charge in [-0.2, -0.15) is 4.68 Å². The minimum Gasteiger partial charge on any atom is -0.326 e. The monoisotopic (exact) mass is 268 g/mol. The molecule has 0 unspecified atom stereocenters. The highest BCUT2D eigenvalue weighted by Crippen LogP contribution is 2.38. The van der Waals surface area contributed by atoms with Crippen molar-refractivity contribution in [2.45, 2.75) is 25.3 Å². The largest absolute Gasteiger partial charge is 0.326 e. The van der Waals surface area contributed by atoms with E-state index in [1.165, 1.54) is 0 Å². The average Bonchev–Trinajstić information content (AvgIpc) is 2.94. The number of carbonyl (C=O) groups is 1. The van der Waals surface area contributed by atoms with E-state index in [2.05, 4.69) is 25.8 Å². The van der Waals surface area contributed by atoms with Crippen LogP contribution in [0.3, 0.4) is 0 Å². The number of nitrogens with zero attached hydrogens (tertiary/aromatic N) is 5. The molecular formula is C13H12N6O. The molecule has 7 heteroatoms. The number of ketones is 1. The summed E-state index contributed by atoms with van der Waals surface area (Å²) < 4.78 is 1.66. The normalized spacial score (nSPS) is 21.2. The fourth-order valence-corrected chi connectivity index (χ4v) is 2.87. The van der Waals surface area contributed by atoms with Crippen LogP contribution in [0.1, 0.15) is 30.9 Å². The maximum Gasteiger partial charge on any atom is 0.248 e. The second-order valence-electron chi connectivity index (χ2n) is 4.92. The topological polar surface area (TPSA) is 85.6 Å². The molecule has 2 aromatic heterocycles. The summed E-state index contributed by atoms with van der Waals surface area (Å²) in [6.07, 6.45) is 5.74. The van der Waals surface area contributed by atoms with Gasteiger partial charge in [0.1, 0.15) is 6.04 Å². The maximum absolute atomic E-state index is 12.3. The molecule has 0 spiro atoms. The summed E-state index contributed by atoms with van der Waals surface area (Å²) in [7, 11) is 0. The van der Waals surface area contributed by atoms with Crippen molar-refractivity contribution in [2.24, 2.45) is 0 Å². The van der Waals surface area contributed by atoms with Crippen molar-refractivity contribution in [1.29, 1.82) is 0 Å². The Bertz CT molecular complexity index is 705. The number of Topliss-reactive ketones (excluding diaryl/α,β-unsaturated/α-hetero) is 1. The standard InChI is InChI=1S/C13H12N6O/c20-10-3-1-2-9-11(10)12(8-4-6-14-7-5-8)19-13(15-9)16-17-18-19/h4-7,12H,1-3H2,(H,15,16,18)/t12-/m0/s1. The minimum atomic E-state index is -0.257. The average molecular weight is 268 g/mol. The van der Waals surface area contributed by atoms with Crippen LogP contribution in [-0.2, 0) is 4.79 Å². The van der Waals surface area contributed by atoms with E-state index in [4.69, 9.17) is 0 Å². The van der Waals surface area contributed by atoms with Crippen molar-refractivity contribution in [1.82, 2.24) is 25.2 Å². The first-order valence-corrected chi connectivity index (χ1v) is 6.55. The molecule has 0 bridgehead atoms. The van der Waals surface area contributed by atoms with Crippen molar-refractivity contribution in [3.63, 3.8) is 0 Å². The van der Waals surface area contributed by atoms with Gasteiger partial charge in [0.05, 0.1) is 0 Å². The van der Waals surface area contributed by atoms with Gasteiger partial charge in [-0.05, 0) is 41.0 Å². The summed E-state index contributed by atoms with van der Waals surface area (Å²) in [5.74, 6) is 0.752. The Labute approximate surface area is 114 Å². The number of rotatable bonds is 1. The second kappa shape index (κ2) is 4.22. The van der Waals surface area contributed by atoms with Gasteiger partial charge in [-0.1, -0.05) is 5.10 Å². The van der Waals surface area contributed by atoms with Crippen LogP contribution in [0, 0.1) is 0 Å². The van der Waals surface area contributed by atoms with Crippen molar-refractivity contribution >= 4 is 11.7 Å². The Balaban J connectivity index is 1.93. The van der Waals surface area contributed by atoms with Crippen LogP contribution < -0.4 is 5.32 Å². The van der Waals surface area contributed by atoms with Gasteiger partial charge >= 0.3 is 0 Å². The number of anilines is 1. The van der Waals surface area contributed by atoms with Crippen molar-refractivity contribution in [3.8, 4) is 0 Å². The molecule has 0 aromatic carbocycles. The van der Waals surface area contributed by atoms with Gasteiger partial charge in [-0.15, -0.1) is 0 Å². The number of allylic oxidation sites excluding steroid dienone is 2. The summed E-state index contributed by atoms with van der Waals surface area (Å²) in [4.78, 5) is 16.4. The Morgan fingerprint density at radius 3 is 2.95 bits per heavy atom. The summed E-state index contributed by atoms with van der Waals surface area (Å²) in [6, 6.07) is 3.54. The highest BCUT2D eigenvalue weighted by atomic mass is 16.1. The lowest BCUT2D eigenvalue weighted by Crippen LogP contribution is -2.31. The summed E-state index contributed by atoms with van der Waals surface area (Å²) in [5, 5.41) is 14.9. The predicted molar refractivity (Wildman–Crippen MR) is 69.7 cm³/mol. The zero-order valence-electron chi connectivity index (χ0n) is 10.7. The number of hydrogen-bond donors (Lipinski definition) is 1. The quantitative estimate of drug-likeness (QED) is 0.833. The van der Waals surface area contributed by atoms with E-state index in [0.717, 1.165) is 29.7 Å². The molecule has 100 valence electrons. The third kappa shape index (κ3) is 1.56. The van der Waals surface area contributed by atoms with Gasteiger partial charge in [0.15, 0.2) is 5.78 Å². The number of hydrogen-bond acceptors (Lipinski definition) is 6. The van der Waals surface area contributed by atoms with Crippen molar-refractivity contribution in [3.05, 3.63) is 41.4 Å². The van der Waals surface area contributed by atoms with Crippen LogP contribution in [0.4, 0.5) is 5.95 Å². The van der Waals surface area contributed by atoms with Gasteiger partial charge in [0, 0.05) is 30.1 Å². The number of fused-ring (bicyclic) bond motifs is 1. The molecule has 1 N–H and O–H groups in total. The lowest BCUT2D eigenvalue weighted by Gasteiger charge is -2.31. The molecule has 2 aromatic rings. The molecule has 0 saturated heterocycles. The number of pyridine rings is 1. The SMILES string of the molecule is O=C1CCCC2=C1[C@H](c1ccncc1)n1nnnc1N2. The second-order valence-corrected chi connectivity index (χ2v) is 4.92. The molecule has 1 aliphatic carbocycles. The van der Waals surface area contributed by atoms with Crippen LogP contribution in [0.5, 0.6) is 0 Å². The molecule has 2 aliphatic rings. The molecule has 20 heavy (non-hydrogen) atoms. The third-order valence-corrected chi connectivity index (χ3v) is 3.75. The fourth-order valence-electron chi connectivity index (χ4n) is 2.87. The first-order valence-electron chi connectivity index (χ1n) is 6.55. The van der Waals surface area contributed by atoms with E-state index in [1.807, 2.05) is 12.1 Å². The van der Waals surface area contributed by atoms with E-state index in [0.29, 0.717) is 12.4 Å². The Morgan fingerprint density at radius 1 is 1.25 bits per heavy atom. The van der Waals surface area contributed by atoms with Crippen molar-refractivity contribution < 1.29 is 4.79 Å². The van der Waals surface area contributed by atoms with Crippen LogP contribution in [0.2, 0.25) is 0 Å². The van der Waals surface area contributed by atoms with Crippen LogP contribution >= 0.6 is 0 Å². The van der Waals surface area contributed by atoms with Crippen LogP contribution in [0.25, 0.3) is 0 Å². The third-order valence-electron chi connectivity index (χ3n) is 3.75. The number of carbonyl (C=O) groups excluding carboxylic acids is 1. The predicted octanol–water partition coefficient (Wildman–Crippen LogP) is 1.09. The zero-order chi connectivity index (χ0) is 13.5. The van der Waals surface area contributed by atoms with E-state index >= 15 is 0 Å². The first-order chi connectivity index (χ1) is 9.84. The van der Waals surface area contributed by atoms with Crippen LogP contribution in [0.15, 0.2) is 35.8 Å². The van der Waals surface area contributed by atoms with Crippen molar-refractivity contribution in [2.75, 3.05) is 5.32 Å². The van der Waals surface area contributed by atoms with E-state index < -0.39 is 0 Å². The molecule has 1 atom stereocenters. The highest BCUT2D eigenvalue weighted by molar-refractivity contribution is 5.99. The van der Waals surface area contributed by atoms with Gasteiger partial charge in [-0.3, -0.25) is 9.78 Å². The highest BCUT2D eigenvalue weighted by Gasteiger charge is 2.36. The molecule has 0 saturated carbocycles. The Morgan fingerprint density at radius 2 is 2.10 bits per heavy atom. The van der Waals surface area contributed by atoms with Crippen LogP contribution in [-0.4, -0.2) is 31.0 Å². The molecule has 4 rings (SSSR count). The molecule has 0 radical (unpaired) electrons. The molecule has 0 amide bonds. The van der Waals surface area contributed by atoms with Gasteiger partial charge < -0.3 is 5.32 Å². The maximum atomic E-state index is 12.3. The zero-order valence-corrected chi connectivity index (χ0v) is 10.7. The lowest BCUT2D eigenvalue weighted by atomic mass is 9.86. The summed E-state index contributed by atoms with van der Waals surface area (Å²) in [6.45, 7) is 0. The van der Waals surface area contributed by atoms with Gasteiger partial charge in [0.2, 0.25) is 5.95 Å². The Kier molecular flexibility index (Phi) is 2.38. The molecule has 3 heterocycles. The number of aromatic nitrogens is 5. The lowest BCUT2D eigenvalue weighted by molar-refractivity contribution is -0.116. The number of nitrogens with one attached hydrogen (secondary N) is 1. The molecule has 7 nitrogen and oxygen atoms in total. The fraction of sp³-hybridized carbons (Fsp3) is 0.308. The molecule has 1 aliphatic heterocycles. The van der Waals surface area contributed by atoms with Gasteiger partial charge in [-0.25, -0.2) is 0 Å². The minimum absolute atomic E-state index is 0.168. The molecule has 0 fully saturated rings.